The van der Waals surface area contributed by atoms with Gasteiger partial charge in [-0.25, -0.2) is 8.42 Å². The predicted molar refractivity (Wildman–Crippen MR) is 181 cm³/mol. The highest BCUT2D eigenvalue weighted by molar-refractivity contribution is 9.10. The van der Waals surface area contributed by atoms with E-state index in [1.807, 2.05) is 37.3 Å². The van der Waals surface area contributed by atoms with Crippen LogP contribution in [0.3, 0.4) is 0 Å². The number of nitrogens with zero attached hydrogens (tertiary/aromatic N) is 2. The Bertz CT molecular complexity index is 1750. The number of carbonyl (C=O) groups is 2. The van der Waals surface area contributed by atoms with Crippen molar-refractivity contribution >= 4 is 66.7 Å². The second-order valence-electron chi connectivity index (χ2n) is 10.2. The van der Waals surface area contributed by atoms with Gasteiger partial charge in [0.15, 0.2) is 0 Å². The van der Waals surface area contributed by atoms with Gasteiger partial charge in [-0.1, -0.05) is 77.3 Å². The molecule has 0 aliphatic carbocycles. The van der Waals surface area contributed by atoms with Gasteiger partial charge in [0.2, 0.25) is 11.8 Å². The molecule has 0 aliphatic rings. The maximum Gasteiger partial charge on any atom is 0.264 e. The molecule has 0 bridgehead atoms. The average Bonchev–Trinajstić information content (AvgIpc) is 3.03. The molecule has 1 N–H and O–H groups in total. The maximum atomic E-state index is 14.4. The van der Waals surface area contributed by atoms with Crippen LogP contribution in [-0.4, -0.2) is 51.9 Å². The summed E-state index contributed by atoms with van der Waals surface area (Å²) in [5.41, 5.74) is 2.42. The highest BCUT2D eigenvalue weighted by Crippen LogP contribution is 2.32. The molecule has 12 heteroatoms. The molecule has 4 aromatic carbocycles. The summed E-state index contributed by atoms with van der Waals surface area (Å²) < 4.78 is 35.2. The third-order valence-corrected chi connectivity index (χ3v) is 10.3. The van der Waals surface area contributed by atoms with Crippen LogP contribution in [0.2, 0.25) is 10.0 Å². The standard InChI is InChI=1S/C33H32BrCl2N3O5S/c1-22-12-14-24(15-13-22)39(45(42,43)25-16-17-31(44-3)27(34)19-25)21-32(40)38(20-26-28(35)10-7-11-29(26)36)30(33(41)37-2)18-23-8-5-4-6-9-23/h4-17,19,30H,18,20-21H2,1-3H3,(H,37,41)/t30-/m1/s1. The van der Waals surface area contributed by atoms with Gasteiger partial charge >= 0.3 is 0 Å². The topological polar surface area (TPSA) is 96.0 Å². The molecule has 0 heterocycles. The number of methoxy groups -OCH3 is 1. The fourth-order valence-corrected chi connectivity index (χ4v) is 7.40. The van der Waals surface area contributed by atoms with Gasteiger partial charge in [-0.2, -0.15) is 0 Å². The van der Waals surface area contributed by atoms with Crippen molar-refractivity contribution in [3.63, 3.8) is 0 Å². The Labute approximate surface area is 282 Å². The van der Waals surface area contributed by atoms with Gasteiger partial charge in [0.25, 0.3) is 10.0 Å². The Morgan fingerprint density at radius 1 is 0.933 bits per heavy atom. The number of hydrogen-bond donors (Lipinski definition) is 1. The summed E-state index contributed by atoms with van der Waals surface area (Å²) in [5, 5.41) is 3.27. The summed E-state index contributed by atoms with van der Waals surface area (Å²) in [6.07, 6.45) is 0.164. The Morgan fingerprint density at radius 3 is 2.16 bits per heavy atom. The molecule has 0 fully saturated rings. The first-order valence-electron chi connectivity index (χ1n) is 13.9. The monoisotopic (exact) mass is 731 g/mol. The van der Waals surface area contributed by atoms with E-state index in [1.165, 1.54) is 37.3 Å². The zero-order valence-corrected chi connectivity index (χ0v) is 28.8. The Balaban J connectivity index is 1.83. The van der Waals surface area contributed by atoms with Crippen molar-refractivity contribution < 1.29 is 22.7 Å². The van der Waals surface area contributed by atoms with Crippen molar-refractivity contribution in [3.8, 4) is 5.75 Å². The third-order valence-electron chi connectivity index (χ3n) is 7.22. The number of anilines is 1. The molecule has 0 saturated carbocycles. The molecule has 4 rings (SSSR count). The van der Waals surface area contributed by atoms with E-state index in [4.69, 9.17) is 27.9 Å². The van der Waals surface area contributed by atoms with E-state index >= 15 is 0 Å². The fourth-order valence-electron chi connectivity index (χ4n) is 4.75. The summed E-state index contributed by atoms with van der Waals surface area (Å²) >= 11 is 16.4. The summed E-state index contributed by atoms with van der Waals surface area (Å²) in [4.78, 5) is 29.1. The van der Waals surface area contributed by atoms with Crippen LogP contribution in [0.25, 0.3) is 0 Å². The first kappa shape index (κ1) is 34.3. The molecule has 0 aromatic heterocycles. The molecule has 0 unspecified atom stereocenters. The van der Waals surface area contributed by atoms with Crippen molar-refractivity contribution in [2.45, 2.75) is 30.8 Å². The van der Waals surface area contributed by atoms with Gasteiger partial charge in [-0.3, -0.25) is 13.9 Å². The lowest BCUT2D eigenvalue weighted by Gasteiger charge is -2.34. The van der Waals surface area contributed by atoms with E-state index in [2.05, 4.69) is 21.2 Å². The molecular weight excluding hydrogens is 701 g/mol. The van der Waals surface area contributed by atoms with E-state index in [-0.39, 0.29) is 23.5 Å². The van der Waals surface area contributed by atoms with Crippen LogP contribution in [0.4, 0.5) is 5.69 Å². The van der Waals surface area contributed by atoms with Gasteiger partial charge in [-0.05, 0) is 70.9 Å². The minimum absolute atomic E-state index is 0.0589. The number of ether oxygens (including phenoxy) is 1. The molecule has 2 amide bonds. The van der Waals surface area contributed by atoms with E-state index < -0.39 is 34.4 Å². The van der Waals surface area contributed by atoms with Crippen molar-refractivity contribution in [1.82, 2.24) is 10.2 Å². The van der Waals surface area contributed by atoms with E-state index in [0.29, 0.717) is 25.8 Å². The van der Waals surface area contributed by atoms with Crippen LogP contribution in [0.15, 0.2) is 100 Å². The molecule has 4 aromatic rings. The van der Waals surface area contributed by atoms with Gasteiger partial charge in [0.05, 0.1) is 22.2 Å². The molecule has 0 aliphatic heterocycles. The van der Waals surface area contributed by atoms with Crippen LogP contribution >= 0.6 is 39.1 Å². The highest BCUT2D eigenvalue weighted by Gasteiger charge is 2.35. The van der Waals surface area contributed by atoms with E-state index in [9.17, 15) is 18.0 Å². The number of rotatable bonds is 12. The lowest BCUT2D eigenvalue weighted by atomic mass is 10.0. The summed E-state index contributed by atoms with van der Waals surface area (Å²) in [7, 11) is -1.34. The van der Waals surface area contributed by atoms with Crippen LogP contribution < -0.4 is 14.4 Å². The largest absolute Gasteiger partial charge is 0.496 e. The van der Waals surface area contributed by atoms with E-state index in [0.717, 1.165) is 15.4 Å². The van der Waals surface area contributed by atoms with Crippen molar-refractivity contribution in [2.75, 3.05) is 25.0 Å². The lowest BCUT2D eigenvalue weighted by Crippen LogP contribution is -2.53. The first-order chi connectivity index (χ1) is 21.5. The number of halogens is 3. The molecule has 0 saturated heterocycles. The van der Waals surface area contributed by atoms with Gasteiger partial charge in [-0.15, -0.1) is 0 Å². The number of nitrogens with one attached hydrogen (secondary N) is 1. The summed E-state index contributed by atoms with van der Waals surface area (Å²) in [5.74, 6) is -0.615. The van der Waals surface area contributed by atoms with Crippen molar-refractivity contribution in [1.29, 1.82) is 0 Å². The fraction of sp³-hybridized carbons (Fsp3) is 0.212. The first-order valence-corrected chi connectivity index (χ1v) is 16.9. The zero-order chi connectivity index (χ0) is 32.7. The quantitative estimate of drug-likeness (QED) is 0.176. The second kappa shape index (κ2) is 15.1. The van der Waals surface area contributed by atoms with Crippen LogP contribution in [0.5, 0.6) is 5.75 Å². The molecule has 0 radical (unpaired) electrons. The van der Waals surface area contributed by atoms with Gasteiger partial charge in [0.1, 0.15) is 18.3 Å². The zero-order valence-electron chi connectivity index (χ0n) is 24.8. The molecule has 236 valence electrons. The van der Waals surface area contributed by atoms with Crippen molar-refractivity contribution in [3.05, 3.63) is 122 Å². The third kappa shape index (κ3) is 8.18. The number of likely N-dealkylation sites (N-methyl/N-ethyl adjacent to an activating group) is 1. The minimum Gasteiger partial charge on any atom is -0.496 e. The Kier molecular flexibility index (Phi) is 11.5. The van der Waals surface area contributed by atoms with Crippen LogP contribution in [0, 0.1) is 6.92 Å². The van der Waals surface area contributed by atoms with Crippen LogP contribution in [0.1, 0.15) is 16.7 Å². The molecule has 8 nitrogen and oxygen atoms in total. The smallest absolute Gasteiger partial charge is 0.264 e. The van der Waals surface area contributed by atoms with Crippen molar-refractivity contribution in [2.24, 2.45) is 0 Å². The molecule has 45 heavy (non-hydrogen) atoms. The normalized spacial score (nSPS) is 11.9. The maximum absolute atomic E-state index is 14.4. The molecule has 0 spiro atoms. The Hall–Kier alpha value is -3.57. The number of hydrogen-bond acceptors (Lipinski definition) is 5. The summed E-state index contributed by atoms with van der Waals surface area (Å²) in [6, 6.07) is 24.3. The van der Waals surface area contributed by atoms with E-state index in [1.54, 1.807) is 42.5 Å². The lowest BCUT2D eigenvalue weighted by molar-refractivity contribution is -0.139. The second-order valence-corrected chi connectivity index (χ2v) is 13.7. The summed E-state index contributed by atoms with van der Waals surface area (Å²) in [6.45, 7) is 1.12. The minimum atomic E-state index is -4.30. The Morgan fingerprint density at radius 2 is 1.58 bits per heavy atom. The SMILES string of the molecule is CNC(=O)[C@@H](Cc1ccccc1)N(Cc1c(Cl)cccc1Cl)C(=O)CN(c1ccc(C)cc1)S(=O)(=O)c1ccc(OC)c(Br)c1. The van der Waals surface area contributed by atoms with Gasteiger partial charge < -0.3 is 15.0 Å². The number of benzene rings is 4. The molecule has 1 atom stereocenters. The highest BCUT2D eigenvalue weighted by atomic mass is 79.9. The molecular formula is C33H32BrCl2N3O5S. The predicted octanol–water partition coefficient (Wildman–Crippen LogP) is 6.65. The number of sulfonamides is 1. The number of amides is 2. The number of aryl methyl sites for hydroxylation is 1. The average molecular weight is 734 g/mol. The van der Waals surface area contributed by atoms with Crippen LogP contribution in [-0.2, 0) is 32.6 Å². The number of carbonyl (C=O) groups excluding carboxylic acids is 2. The van der Waals surface area contributed by atoms with Gasteiger partial charge in [0, 0.05) is 35.6 Å².